The number of para-hydroxylation sites is 1. The van der Waals surface area contributed by atoms with Gasteiger partial charge in [0.15, 0.2) is 0 Å². The Hall–Kier alpha value is -2.63. The molecule has 1 aliphatic heterocycles. The Kier molecular flexibility index (Phi) is 4.07. The normalized spacial score (nSPS) is 14.7. The average Bonchev–Trinajstić information content (AvgIpc) is 2.71. The lowest BCUT2D eigenvalue weighted by molar-refractivity contribution is -0.123. The molecule has 1 fully saturated rings. The van der Waals surface area contributed by atoms with Gasteiger partial charge in [-0.2, -0.15) is 0 Å². The number of hydrogen-bond acceptors (Lipinski definition) is 4. The maximum absolute atomic E-state index is 12.5. The largest absolute Gasteiger partial charge is 0.448 e. The topological polar surface area (TPSA) is 66.9 Å². The summed E-state index contributed by atoms with van der Waals surface area (Å²) in [6, 6.07) is 8.51. The Bertz CT molecular complexity index is 618. The summed E-state index contributed by atoms with van der Waals surface area (Å²) in [5.41, 5.74) is 0.977. The maximum atomic E-state index is 12.5. The third kappa shape index (κ3) is 2.52. The second-order valence-electron chi connectivity index (χ2n) is 4.64. The SMILES string of the molecule is CCOC(=O)N1C(=O)C(=C(C)C)C(=O)N1c1ccccc1. The third-order valence-corrected chi connectivity index (χ3v) is 2.95. The Balaban J connectivity index is 2.53. The summed E-state index contributed by atoms with van der Waals surface area (Å²) in [5, 5.41) is 1.78. The Morgan fingerprint density at radius 1 is 1.10 bits per heavy atom. The molecule has 0 atom stereocenters. The first kappa shape index (κ1) is 14.8. The number of benzene rings is 1. The number of allylic oxidation sites excluding steroid dienone is 1. The number of carbonyl (C=O) groups is 3. The monoisotopic (exact) mass is 288 g/mol. The first-order valence-corrected chi connectivity index (χ1v) is 6.57. The predicted octanol–water partition coefficient (Wildman–Crippen LogP) is 2.27. The van der Waals surface area contributed by atoms with E-state index in [0.29, 0.717) is 11.3 Å². The molecule has 1 aromatic rings. The van der Waals surface area contributed by atoms with E-state index in [0.717, 1.165) is 10.0 Å². The van der Waals surface area contributed by atoms with Crippen molar-refractivity contribution in [3.63, 3.8) is 0 Å². The van der Waals surface area contributed by atoms with Gasteiger partial charge in [-0.15, -0.1) is 5.01 Å². The number of hydrogen-bond donors (Lipinski definition) is 0. The van der Waals surface area contributed by atoms with Gasteiger partial charge < -0.3 is 4.74 Å². The Labute approximate surface area is 122 Å². The van der Waals surface area contributed by atoms with Crippen LogP contribution in [-0.4, -0.2) is 29.5 Å². The first-order chi connectivity index (χ1) is 9.99. The van der Waals surface area contributed by atoms with Crippen molar-refractivity contribution in [2.24, 2.45) is 0 Å². The minimum Gasteiger partial charge on any atom is -0.448 e. The molecule has 3 amide bonds. The van der Waals surface area contributed by atoms with Crippen LogP contribution in [0.4, 0.5) is 10.5 Å². The molecule has 0 spiro atoms. The van der Waals surface area contributed by atoms with E-state index in [4.69, 9.17) is 4.74 Å². The average molecular weight is 288 g/mol. The van der Waals surface area contributed by atoms with E-state index in [-0.39, 0.29) is 12.2 Å². The van der Waals surface area contributed by atoms with Crippen molar-refractivity contribution in [1.29, 1.82) is 0 Å². The van der Waals surface area contributed by atoms with Crippen molar-refractivity contribution in [3.8, 4) is 0 Å². The zero-order chi connectivity index (χ0) is 15.6. The molecule has 21 heavy (non-hydrogen) atoms. The van der Waals surface area contributed by atoms with Crippen LogP contribution in [0.5, 0.6) is 0 Å². The van der Waals surface area contributed by atoms with Crippen molar-refractivity contribution in [2.75, 3.05) is 11.6 Å². The van der Waals surface area contributed by atoms with Gasteiger partial charge in [0, 0.05) is 0 Å². The number of imide groups is 1. The van der Waals surface area contributed by atoms with E-state index >= 15 is 0 Å². The molecule has 0 bridgehead atoms. The molecule has 0 unspecified atom stereocenters. The van der Waals surface area contributed by atoms with Crippen LogP contribution in [0.15, 0.2) is 41.5 Å². The van der Waals surface area contributed by atoms with Gasteiger partial charge in [0.05, 0.1) is 12.3 Å². The van der Waals surface area contributed by atoms with Gasteiger partial charge in [-0.1, -0.05) is 23.8 Å². The van der Waals surface area contributed by atoms with Crippen LogP contribution < -0.4 is 5.01 Å². The van der Waals surface area contributed by atoms with E-state index in [9.17, 15) is 14.4 Å². The van der Waals surface area contributed by atoms with Crippen molar-refractivity contribution < 1.29 is 19.1 Å². The lowest BCUT2D eigenvalue weighted by atomic mass is 10.1. The van der Waals surface area contributed by atoms with Crippen molar-refractivity contribution in [2.45, 2.75) is 20.8 Å². The maximum Gasteiger partial charge on any atom is 0.436 e. The molecule has 1 saturated heterocycles. The standard InChI is InChI=1S/C15H16N2O4/c1-4-21-15(20)17-14(19)12(10(2)3)13(18)16(17)11-8-6-5-7-9-11/h5-9H,4H2,1-3H3. The minimum atomic E-state index is -0.865. The zero-order valence-electron chi connectivity index (χ0n) is 12.1. The van der Waals surface area contributed by atoms with E-state index in [1.54, 1.807) is 51.1 Å². The summed E-state index contributed by atoms with van der Waals surface area (Å²) in [6.07, 6.45) is -0.865. The van der Waals surface area contributed by atoms with Crippen molar-refractivity contribution in [1.82, 2.24) is 5.01 Å². The number of anilines is 1. The molecule has 6 heteroatoms. The lowest BCUT2D eigenvalue weighted by Crippen LogP contribution is -2.45. The van der Waals surface area contributed by atoms with Gasteiger partial charge >= 0.3 is 6.09 Å². The molecule has 2 rings (SSSR count). The molecule has 0 aromatic heterocycles. The quantitative estimate of drug-likeness (QED) is 0.618. The molecule has 0 aliphatic carbocycles. The first-order valence-electron chi connectivity index (χ1n) is 6.57. The Morgan fingerprint density at radius 2 is 1.71 bits per heavy atom. The van der Waals surface area contributed by atoms with Gasteiger partial charge in [0.25, 0.3) is 11.8 Å². The van der Waals surface area contributed by atoms with Crippen LogP contribution in [0.25, 0.3) is 0 Å². The minimum absolute atomic E-state index is 0.00749. The number of carbonyl (C=O) groups excluding carboxylic acids is 3. The predicted molar refractivity (Wildman–Crippen MR) is 76.2 cm³/mol. The second kappa shape index (κ2) is 5.78. The van der Waals surface area contributed by atoms with E-state index in [2.05, 4.69) is 0 Å². The Morgan fingerprint density at radius 3 is 2.24 bits per heavy atom. The van der Waals surface area contributed by atoms with Gasteiger partial charge in [-0.3, -0.25) is 9.59 Å². The van der Waals surface area contributed by atoms with Gasteiger partial charge in [-0.25, -0.2) is 9.80 Å². The van der Waals surface area contributed by atoms with Crippen LogP contribution >= 0.6 is 0 Å². The molecule has 6 nitrogen and oxygen atoms in total. The highest BCUT2D eigenvalue weighted by atomic mass is 16.6. The summed E-state index contributed by atoms with van der Waals surface area (Å²) in [4.78, 5) is 36.9. The highest BCUT2D eigenvalue weighted by molar-refractivity contribution is 6.32. The molecule has 1 aliphatic rings. The fourth-order valence-corrected chi connectivity index (χ4v) is 2.06. The number of ether oxygens (including phenoxy) is 1. The van der Waals surface area contributed by atoms with Gasteiger partial charge in [-0.05, 0) is 32.9 Å². The molecular formula is C15H16N2O4. The summed E-state index contributed by atoms with van der Waals surface area (Å²) in [5.74, 6) is -1.19. The van der Waals surface area contributed by atoms with Gasteiger partial charge in [0.1, 0.15) is 5.57 Å². The van der Waals surface area contributed by atoms with Crippen molar-refractivity contribution in [3.05, 3.63) is 41.5 Å². The molecule has 0 radical (unpaired) electrons. The zero-order valence-corrected chi connectivity index (χ0v) is 12.1. The van der Waals surface area contributed by atoms with Crippen LogP contribution in [0.2, 0.25) is 0 Å². The van der Waals surface area contributed by atoms with Crippen LogP contribution in [0.3, 0.4) is 0 Å². The van der Waals surface area contributed by atoms with Gasteiger partial charge in [0.2, 0.25) is 0 Å². The fraction of sp³-hybridized carbons (Fsp3) is 0.267. The fourth-order valence-electron chi connectivity index (χ4n) is 2.06. The lowest BCUT2D eigenvalue weighted by Gasteiger charge is -2.24. The molecule has 0 N–H and O–H groups in total. The second-order valence-corrected chi connectivity index (χ2v) is 4.64. The van der Waals surface area contributed by atoms with Crippen LogP contribution in [0.1, 0.15) is 20.8 Å². The van der Waals surface area contributed by atoms with Crippen molar-refractivity contribution >= 4 is 23.6 Å². The van der Waals surface area contributed by atoms with Crippen LogP contribution in [-0.2, 0) is 14.3 Å². The number of hydrazine groups is 1. The van der Waals surface area contributed by atoms with E-state index in [1.807, 2.05) is 0 Å². The molecular weight excluding hydrogens is 272 g/mol. The number of nitrogens with zero attached hydrogens (tertiary/aromatic N) is 2. The molecule has 110 valence electrons. The highest BCUT2D eigenvalue weighted by Gasteiger charge is 2.46. The summed E-state index contributed by atoms with van der Waals surface area (Å²) in [7, 11) is 0. The summed E-state index contributed by atoms with van der Waals surface area (Å²) in [6.45, 7) is 5.06. The molecule has 1 aromatic carbocycles. The molecule has 0 saturated carbocycles. The molecule has 1 heterocycles. The summed E-state index contributed by atoms with van der Waals surface area (Å²) >= 11 is 0. The smallest absolute Gasteiger partial charge is 0.436 e. The highest BCUT2D eigenvalue weighted by Crippen LogP contribution is 2.28. The number of amides is 3. The van der Waals surface area contributed by atoms with E-state index < -0.39 is 17.9 Å². The van der Waals surface area contributed by atoms with E-state index in [1.165, 1.54) is 0 Å². The van der Waals surface area contributed by atoms with Crippen LogP contribution in [0, 0.1) is 0 Å². The third-order valence-electron chi connectivity index (χ3n) is 2.95. The summed E-state index contributed by atoms with van der Waals surface area (Å²) < 4.78 is 4.87. The number of rotatable bonds is 2.